The van der Waals surface area contributed by atoms with E-state index in [1.54, 1.807) is 0 Å². The van der Waals surface area contributed by atoms with Crippen LogP contribution in [-0.4, -0.2) is 25.0 Å². The van der Waals surface area contributed by atoms with E-state index in [0.717, 1.165) is 0 Å². The summed E-state index contributed by atoms with van der Waals surface area (Å²) in [6.45, 7) is 4.66. The lowest BCUT2D eigenvalue weighted by molar-refractivity contribution is -0.120. The number of carbonyl (C=O) groups excluding carboxylic acids is 1. The Hall–Kier alpha value is -1.01. The fourth-order valence-electron chi connectivity index (χ4n) is 0.564. The molecule has 0 radical (unpaired) electrons. The summed E-state index contributed by atoms with van der Waals surface area (Å²) in [4.78, 5) is 10.8. The minimum Gasteiger partial charge on any atom is -0.355 e. The topological polar surface area (TPSA) is 41.1 Å². The molecule has 0 fully saturated rings. The highest BCUT2D eigenvalue weighted by molar-refractivity contribution is 5.77. The predicted molar refractivity (Wildman–Crippen MR) is 45.0 cm³/mol. The number of hydrogen-bond acceptors (Lipinski definition) is 2. The van der Waals surface area contributed by atoms with Gasteiger partial charge in [-0.05, 0) is 13.8 Å². The van der Waals surface area contributed by atoms with E-state index in [9.17, 15) is 4.79 Å². The van der Waals surface area contributed by atoms with Crippen molar-refractivity contribution in [3.63, 3.8) is 0 Å². The maximum atomic E-state index is 10.8. The van der Waals surface area contributed by atoms with Gasteiger partial charge in [0, 0.05) is 6.54 Å². The monoisotopic (exact) mass is 154 g/mol. The largest absolute Gasteiger partial charge is 0.355 e. The molecule has 11 heavy (non-hydrogen) atoms. The van der Waals surface area contributed by atoms with Gasteiger partial charge in [-0.1, -0.05) is 5.92 Å². The second-order valence-corrected chi connectivity index (χ2v) is 2.22. The van der Waals surface area contributed by atoms with Gasteiger partial charge in [0.2, 0.25) is 5.91 Å². The van der Waals surface area contributed by atoms with E-state index in [-0.39, 0.29) is 11.9 Å². The predicted octanol–water partition coefficient (Wildman–Crippen LogP) is -0.266. The lowest BCUT2D eigenvalue weighted by Crippen LogP contribution is -2.37. The molecule has 0 aliphatic heterocycles. The van der Waals surface area contributed by atoms with Gasteiger partial charge in [-0.3, -0.25) is 10.1 Å². The summed E-state index contributed by atoms with van der Waals surface area (Å²) in [6, 6.07) is -0.0439. The first-order valence-electron chi connectivity index (χ1n) is 3.67. The Morgan fingerprint density at radius 1 is 1.73 bits per heavy atom. The molecule has 3 nitrogen and oxygen atoms in total. The Labute approximate surface area is 67.6 Å². The minimum atomic E-state index is -0.0439. The van der Waals surface area contributed by atoms with Gasteiger partial charge in [-0.15, -0.1) is 6.42 Å². The van der Waals surface area contributed by atoms with Crippen LogP contribution in [0.15, 0.2) is 0 Å². The summed E-state index contributed by atoms with van der Waals surface area (Å²) in [7, 11) is 0. The molecule has 0 rings (SSSR count). The second-order valence-electron chi connectivity index (χ2n) is 2.22. The molecule has 0 saturated heterocycles. The number of likely N-dealkylation sites (N-methyl/N-ethyl adjacent to an activating group) is 1. The van der Waals surface area contributed by atoms with E-state index in [1.807, 2.05) is 13.8 Å². The van der Waals surface area contributed by atoms with Crippen LogP contribution in [0.5, 0.6) is 0 Å². The molecule has 1 atom stereocenters. The smallest absolute Gasteiger partial charge is 0.233 e. The van der Waals surface area contributed by atoms with Crippen LogP contribution < -0.4 is 10.6 Å². The summed E-state index contributed by atoms with van der Waals surface area (Å²) >= 11 is 0. The summed E-state index contributed by atoms with van der Waals surface area (Å²) in [5.74, 6) is 2.45. The van der Waals surface area contributed by atoms with Crippen molar-refractivity contribution in [2.24, 2.45) is 0 Å². The molecule has 2 N–H and O–H groups in total. The number of rotatable bonds is 4. The SMILES string of the molecule is C#CC(C)NCC(=O)NCC. The van der Waals surface area contributed by atoms with E-state index in [2.05, 4.69) is 16.6 Å². The Kier molecular flexibility index (Phi) is 5.22. The number of terminal acetylenes is 1. The van der Waals surface area contributed by atoms with Crippen LogP contribution in [0.1, 0.15) is 13.8 Å². The number of amides is 1. The van der Waals surface area contributed by atoms with E-state index in [0.29, 0.717) is 13.1 Å². The third-order valence-electron chi connectivity index (χ3n) is 1.19. The van der Waals surface area contributed by atoms with Crippen LogP contribution in [0, 0.1) is 12.3 Å². The van der Waals surface area contributed by atoms with Crippen molar-refractivity contribution in [3.8, 4) is 12.3 Å². The van der Waals surface area contributed by atoms with Crippen molar-refractivity contribution >= 4 is 5.91 Å². The first-order chi connectivity index (χ1) is 5.20. The third-order valence-corrected chi connectivity index (χ3v) is 1.19. The highest BCUT2D eigenvalue weighted by Crippen LogP contribution is 1.74. The summed E-state index contributed by atoms with van der Waals surface area (Å²) < 4.78 is 0. The standard InChI is InChI=1S/C8H14N2O/c1-4-7(3)10-6-8(11)9-5-2/h1,7,10H,5-6H2,2-3H3,(H,9,11). The molecule has 0 aromatic carbocycles. The van der Waals surface area contributed by atoms with E-state index >= 15 is 0 Å². The van der Waals surface area contributed by atoms with Crippen molar-refractivity contribution < 1.29 is 4.79 Å². The van der Waals surface area contributed by atoms with Crippen molar-refractivity contribution in [2.45, 2.75) is 19.9 Å². The molecule has 0 aromatic heterocycles. The highest BCUT2D eigenvalue weighted by Gasteiger charge is 1.99. The van der Waals surface area contributed by atoms with Gasteiger partial charge in [0.1, 0.15) is 0 Å². The zero-order valence-corrected chi connectivity index (χ0v) is 6.98. The normalized spacial score (nSPS) is 11.7. The van der Waals surface area contributed by atoms with Gasteiger partial charge in [-0.25, -0.2) is 0 Å². The average Bonchev–Trinajstić information content (AvgIpc) is 2.01. The molecule has 0 bridgehead atoms. The number of hydrogen-bond donors (Lipinski definition) is 2. The van der Waals surface area contributed by atoms with Crippen LogP contribution >= 0.6 is 0 Å². The van der Waals surface area contributed by atoms with Crippen LogP contribution in [-0.2, 0) is 4.79 Å². The lowest BCUT2D eigenvalue weighted by Gasteiger charge is -2.06. The Bertz CT molecular complexity index is 160. The fraction of sp³-hybridized carbons (Fsp3) is 0.625. The first kappa shape index (κ1) is 9.99. The molecule has 62 valence electrons. The molecule has 3 heteroatoms. The van der Waals surface area contributed by atoms with Gasteiger partial charge in [0.25, 0.3) is 0 Å². The molecule has 0 saturated carbocycles. The molecule has 0 aliphatic rings. The van der Waals surface area contributed by atoms with Crippen LogP contribution in [0.2, 0.25) is 0 Å². The molecule has 1 unspecified atom stereocenters. The number of carbonyl (C=O) groups is 1. The summed E-state index contributed by atoms with van der Waals surface area (Å²) in [5.41, 5.74) is 0. The molecule has 0 heterocycles. The quantitative estimate of drug-likeness (QED) is 0.547. The highest BCUT2D eigenvalue weighted by atomic mass is 16.1. The van der Waals surface area contributed by atoms with Gasteiger partial charge in [-0.2, -0.15) is 0 Å². The Morgan fingerprint density at radius 2 is 2.36 bits per heavy atom. The van der Waals surface area contributed by atoms with Crippen molar-refractivity contribution in [1.29, 1.82) is 0 Å². The molecular formula is C8H14N2O. The number of nitrogens with one attached hydrogen (secondary N) is 2. The Morgan fingerprint density at radius 3 is 2.82 bits per heavy atom. The van der Waals surface area contributed by atoms with Crippen molar-refractivity contribution in [1.82, 2.24) is 10.6 Å². The maximum Gasteiger partial charge on any atom is 0.233 e. The molecule has 0 spiro atoms. The van der Waals surface area contributed by atoms with E-state index in [1.165, 1.54) is 0 Å². The molecule has 1 amide bonds. The van der Waals surface area contributed by atoms with Gasteiger partial charge >= 0.3 is 0 Å². The van der Waals surface area contributed by atoms with Crippen LogP contribution in [0.4, 0.5) is 0 Å². The summed E-state index contributed by atoms with van der Waals surface area (Å²) in [5, 5.41) is 5.52. The van der Waals surface area contributed by atoms with Gasteiger partial charge in [0.05, 0.1) is 12.6 Å². The minimum absolute atomic E-state index is 0.0189. The molecule has 0 aliphatic carbocycles. The third kappa shape index (κ3) is 5.43. The second kappa shape index (κ2) is 5.75. The average molecular weight is 154 g/mol. The first-order valence-corrected chi connectivity index (χ1v) is 3.67. The lowest BCUT2D eigenvalue weighted by atomic mass is 10.3. The van der Waals surface area contributed by atoms with Crippen molar-refractivity contribution in [3.05, 3.63) is 0 Å². The van der Waals surface area contributed by atoms with Crippen molar-refractivity contribution in [2.75, 3.05) is 13.1 Å². The zero-order valence-electron chi connectivity index (χ0n) is 6.98. The molecular weight excluding hydrogens is 140 g/mol. The fourth-order valence-corrected chi connectivity index (χ4v) is 0.564. The Balaban J connectivity index is 3.39. The summed E-state index contributed by atoms with van der Waals surface area (Å²) in [6.07, 6.45) is 5.09. The van der Waals surface area contributed by atoms with Gasteiger partial charge < -0.3 is 5.32 Å². The maximum absolute atomic E-state index is 10.8. The van der Waals surface area contributed by atoms with Crippen LogP contribution in [0.25, 0.3) is 0 Å². The molecule has 0 aromatic rings. The van der Waals surface area contributed by atoms with Crippen LogP contribution in [0.3, 0.4) is 0 Å². The zero-order chi connectivity index (χ0) is 8.69. The van der Waals surface area contributed by atoms with E-state index < -0.39 is 0 Å². The van der Waals surface area contributed by atoms with Gasteiger partial charge in [0.15, 0.2) is 0 Å². The van der Waals surface area contributed by atoms with E-state index in [4.69, 9.17) is 6.42 Å².